The first kappa shape index (κ1) is 21.3. The van der Waals surface area contributed by atoms with Gasteiger partial charge >= 0.3 is 0 Å². The molecule has 1 unspecified atom stereocenters. The summed E-state index contributed by atoms with van der Waals surface area (Å²) >= 11 is 5.04. The lowest BCUT2D eigenvalue weighted by Gasteiger charge is -2.19. The second-order valence-electron chi connectivity index (χ2n) is 5.95. The van der Waals surface area contributed by atoms with Crippen molar-refractivity contribution in [2.24, 2.45) is 0 Å². The maximum absolute atomic E-state index is 12.7. The molecular weight excluding hydrogens is 428 g/mol. The number of carbonyl (C=O) groups is 2. The van der Waals surface area contributed by atoms with E-state index in [1.54, 1.807) is 23.9 Å². The number of benzene rings is 2. The summed E-state index contributed by atoms with van der Waals surface area (Å²) in [6.45, 7) is 1.79. The van der Waals surface area contributed by atoms with Gasteiger partial charge in [-0.1, -0.05) is 34.1 Å². The van der Waals surface area contributed by atoms with Crippen LogP contribution in [0.3, 0.4) is 0 Å². The van der Waals surface area contributed by atoms with Crippen molar-refractivity contribution < 1.29 is 14.3 Å². The van der Waals surface area contributed by atoms with Crippen LogP contribution < -0.4 is 15.4 Å². The van der Waals surface area contributed by atoms with Crippen LogP contribution in [0.1, 0.15) is 12.0 Å². The molecule has 0 aliphatic rings. The number of thioether (sulfide) groups is 1. The smallest absolute Gasteiger partial charge is 0.258 e. The highest BCUT2D eigenvalue weighted by Gasteiger charge is 2.21. The summed E-state index contributed by atoms with van der Waals surface area (Å²) in [6, 6.07) is 14.1. The van der Waals surface area contributed by atoms with Gasteiger partial charge in [-0.15, -0.1) is 0 Å². The molecule has 5 nitrogen and oxygen atoms in total. The van der Waals surface area contributed by atoms with Crippen LogP contribution in [0.2, 0.25) is 0 Å². The summed E-state index contributed by atoms with van der Waals surface area (Å²) in [4.78, 5) is 24.9. The predicted molar refractivity (Wildman–Crippen MR) is 114 cm³/mol. The molecule has 7 heteroatoms. The lowest BCUT2D eigenvalue weighted by molar-refractivity contribution is -0.127. The van der Waals surface area contributed by atoms with Gasteiger partial charge < -0.3 is 15.4 Å². The van der Waals surface area contributed by atoms with Gasteiger partial charge in [0.05, 0.1) is 0 Å². The number of ether oxygens (including phenoxy) is 1. The van der Waals surface area contributed by atoms with E-state index in [2.05, 4.69) is 26.6 Å². The van der Waals surface area contributed by atoms with Crippen molar-refractivity contribution in [3.05, 3.63) is 58.6 Å². The first-order valence-corrected chi connectivity index (χ1v) is 10.7. The molecule has 2 N–H and O–H groups in total. The van der Waals surface area contributed by atoms with E-state index in [1.807, 2.05) is 49.6 Å². The maximum atomic E-state index is 12.7. The van der Waals surface area contributed by atoms with Crippen molar-refractivity contribution >= 4 is 45.2 Å². The van der Waals surface area contributed by atoms with E-state index in [1.165, 1.54) is 0 Å². The minimum Gasteiger partial charge on any atom is -0.484 e. The fourth-order valence-corrected chi connectivity index (χ4v) is 3.34. The Morgan fingerprint density at radius 1 is 1.19 bits per heavy atom. The maximum Gasteiger partial charge on any atom is 0.258 e. The zero-order valence-electron chi connectivity index (χ0n) is 15.3. The van der Waals surface area contributed by atoms with Crippen molar-refractivity contribution in [3.8, 4) is 5.75 Å². The number of para-hydroxylation sites is 1. The first-order chi connectivity index (χ1) is 13.0. The van der Waals surface area contributed by atoms with Gasteiger partial charge in [-0.25, -0.2) is 0 Å². The van der Waals surface area contributed by atoms with E-state index < -0.39 is 6.04 Å². The number of hydrogen-bond acceptors (Lipinski definition) is 4. The van der Waals surface area contributed by atoms with Crippen molar-refractivity contribution in [3.63, 3.8) is 0 Å². The van der Waals surface area contributed by atoms with Crippen LogP contribution in [-0.4, -0.2) is 36.5 Å². The number of halogens is 1. The van der Waals surface area contributed by atoms with E-state index in [4.69, 9.17) is 4.74 Å². The third-order valence-electron chi connectivity index (χ3n) is 3.82. The van der Waals surface area contributed by atoms with E-state index in [-0.39, 0.29) is 18.4 Å². The van der Waals surface area contributed by atoms with Crippen LogP contribution in [0, 0.1) is 6.92 Å². The van der Waals surface area contributed by atoms with Crippen LogP contribution in [0.5, 0.6) is 5.75 Å². The summed E-state index contributed by atoms with van der Waals surface area (Å²) in [5.74, 6) is 0.815. The Hall–Kier alpha value is -1.99. The molecule has 144 valence electrons. The molecule has 0 saturated heterocycles. The SMILES string of the molecule is CSCCC(NC(=O)COc1ccccc1)C(=O)Nc1ccc(Br)cc1C. The second kappa shape index (κ2) is 11.0. The number of nitrogens with one attached hydrogen (secondary N) is 2. The molecule has 0 heterocycles. The molecule has 0 aliphatic heterocycles. The standard InChI is InChI=1S/C20H23BrN2O3S/c1-14-12-15(21)8-9-17(14)23-20(25)18(10-11-27-2)22-19(24)13-26-16-6-4-3-5-7-16/h3-9,12,18H,10-11,13H2,1-2H3,(H,22,24)(H,23,25). The molecule has 2 rings (SSSR count). The summed E-state index contributed by atoms with van der Waals surface area (Å²) < 4.78 is 6.40. The first-order valence-electron chi connectivity index (χ1n) is 8.52. The lowest BCUT2D eigenvalue weighted by atomic mass is 10.1. The number of amides is 2. The molecular formula is C20H23BrN2O3S. The summed E-state index contributed by atoms with van der Waals surface area (Å²) in [7, 11) is 0. The summed E-state index contributed by atoms with van der Waals surface area (Å²) in [6.07, 6.45) is 2.51. The third-order valence-corrected chi connectivity index (χ3v) is 4.96. The molecule has 2 aromatic carbocycles. The third kappa shape index (κ3) is 7.27. The quantitative estimate of drug-likeness (QED) is 0.605. The van der Waals surface area contributed by atoms with Gasteiger partial charge in [0.1, 0.15) is 11.8 Å². The molecule has 0 bridgehead atoms. The second-order valence-corrected chi connectivity index (χ2v) is 7.85. The number of anilines is 1. The Morgan fingerprint density at radius 3 is 2.59 bits per heavy atom. The number of carbonyl (C=O) groups excluding carboxylic acids is 2. The Bertz CT molecular complexity index is 771. The van der Waals surface area contributed by atoms with Crippen molar-refractivity contribution in [1.29, 1.82) is 0 Å². The highest BCUT2D eigenvalue weighted by molar-refractivity contribution is 9.10. The highest BCUT2D eigenvalue weighted by atomic mass is 79.9. The predicted octanol–water partition coefficient (Wildman–Crippen LogP) is 4.01. The van der Waals surface area contributed by atoms with Gasteiger partial charge in [-0.2, -0.15) is 11.8 Å². The molecule has 27 heavy (non-hydrogen) atoms. The van der Waals surface area contributed by atoms with E-state index in [0.29, 0.717) is 12.2 Å². The molecule has 0 saturated carbocycles. The monoisotopic (exact) mass is 450 g/mol. The van der Waals surface area contributed by atoms with Gasteiger partial charge in [0.15, 0.2) is 6.61 Å². The average molecular weight is 451 g/mol. The Balaban J connectivity index is 1.96. The normalized spacial score (nSPS) is 11.5. The molecule has 0 aromatic heterocycles. The number of aryl methyl sites for hydroxylation is 1. The van der Waals surface area contributed by atoms with Crippen molar-refractivity contribution in [1.82, 2.24) is 5.32 Å². The largest absolute Gasteiger partial charge is 0.484 e. The molecule has 0 fully saturated rings. The Morgan fingerprint density at radius 2 is 1.93 bits per heavy atom. The highest BCUT2D eigenvalue weighted by Crippen LogP contribution is 2.20. The van der Waals surface area contributed by atoms with Gasteiger partial charge in [-0.05, 0) is 61.2 Å². The van der Waals surface area contributed by atoms with E-state index in [9.17, 15) is 9.59 Å². The molecule has 1 atom stereocenters. The van der Waals surface area contributed by atoms with Crippen molar-refractivity contribution in [2.75, 3.05) is 23.9 Å². The molecule has 0 aliphatic carbocycles. The number of rotatable bonds is 9. The van der Waals surface area contributed by atoms with Crippen LogP contribution in [0.25, 0.3) is 0 Å². The van der Waals surface area contributed by atoms with Crippen molar-refractivity contribution in [2.45, 2.75) is 19.4 Å². The zero-order valence-corrected chi connectivity index (χ0v) is 17.7. The van der Waals surface area contributed by atoms with Gasteiger partial charge in [0.25, 0.3) is 5.91 Å². The van der Waals surface area contributed by atoms with Crippen LogP contribution in [-0.2, 0) is 9.59 Å². The van der Waals surface area contributed by atoms with Crippen LogP contribution >= 0.6 is 27.7 Å². The summed E-state index contributed by atoms with van der Waals surface area (Å²) in [5, 5.41) is 5.68. The van der Waals surface area contributed by atoms with Crippen LogP contribution in [0.4, 0.5) is 5.69 Å². The molecule has 2 amide bonds. The minimum atomic E-state index is -0.618. The molecule has 2 aromatic rings. The Labute approximate surface area is 172 Å². The van der Waals surface area contributed by atoms with Crippen LogP contribution in [0.15, 0.2) is 53.0 Å². The molecule has 0 spiro atoms. The lowest BCUT2D eigenvalue weighted by Crippen LogP contribution is -2.46. The molecule has 0 radical (unpaired) electrons. The fourth-order valence-electron chi connectivity index (χ4n) is 2.39. The van der Waals surface area contributed by atoms with E-state index >= 15 is 0 Å². The van der Waals surface area contributed by atoms with Gasteiger partial charge in [-0.3, -0.25) is 9.59 Å². The fraction of sp³-hybridized carbons (Fsp3) is 0.300. The Kier molecular flexibility index (Phi) is 8.67. The van der Waals surface area contributed by atoms with Gasteiger partial charge in [0.2, 0.25) is 5.91 Å². The average Bonchev–Trinajstić information content (AvgIpc) is 2.66. The number of hydrogen-bond donors (Lipinski definition) is 2. The van der Waals surface area contributed by atoms with E-state index in [0.717, 1.165) is 21.5 Å². The minimum absolute atomic E-state index is 0.135. The summed E-state index contributed by atoms with van der Waals surface area (Å²) in [5.41, 5.74) is 1.67. The van der Waals surface area contributed by atoms with Gasteiger partial charge in [0, 0.05) is 10.2 Å². The zero-order chi connectivity index (χ0) is 19.6. The topological polar surface area (TPSA) is 67.4 Å².